The van der Waals surface area contributed by atoms with Gasteiger partial charge in [-0.05, 0) is 36.4 Å². The van der Waals surface area contributed by atoms with Crippen molar-refractivity contribution in [2.24, 2.45) is 0 Å². The quantitative estimate of drug-likeness (QED) is 0.464. The Hall–Kier alpha value is -2.83. The minimum Gasteiger partial charge on any atom is -0.452 e. The molecule has 0 fully saturated rings. The third kappa shape index (κ3) is 4.91. The molecule has 144 valence electrons. The Bertz CT molecular complexity index is 1030. The van der Waals surface area contributed by atoms with E-state index in [4.69, 9.17) is 16.3 Å². The molecule has 0 saturated heterocycles. The van der Waals surface area contributed by atoms with Crippen molar-refractivity contribution in [1.82, 2.24) is 0 Å². The molecule has 0 atom stereocenters. The molecule has 0 bridgehead atoms. The van der Waals surface area contributed by atoms with Crippen molar-refractivity contribution in [3.05, 3.63) is 64.5 Å². The van der Waals surface area contributed by atoms with Gasteiger partial charge in [-0.25, -0.2) is 4.79 Å². The van der Waals surface area contributed by atoms with Crippen LogP contribution in [0.2, 0.25) is 5.02 Å². The predicted molar refractivity (Wildman–Crippen MR) is 116 cm³/mol. The lowest BCUT2D eigenvalue weighted by atomic mass is 10.2. The number of nitrogens with zero attached hydrogens (tertiary/aromatic N) is 1. The molecule has 0 unspecified atom stereocenters. The molecule has 3 rings (SSSR count). The van der Waals surface area contributed by atoms with E-state index < -0.39 is 11.9 Å². The molecular weight excluding hydrogens is 396 g/mol. The number of carbonyl (C=O) groups is 2. The second kappa shape index (κ2) is 8.91. The van der Waals surface area contributed by atoms with Gasteiger partial charge < -0.3 is 15.0 Å². The second-order valence-electron chi connectivity index (χ2n) is 6.21. The van der Waals surface area contributed by atoms with Crippen molar-refractivity contribution >= 4 is 62.4 Å². The van der Waals surface area contributed by atoms with E-state index in [2.05, 4.69) is 5.32 Å². The van der Waals surface area contributed by atoms with Crippen molar-refractivity contribution in [3.8, 4) is 0 Å². The Morgan fingerprint density at radius 3 is 2.54 bits per heavy atom. The van der Waals surface area contributed by atoms with Gasteiger partial charge in [-0.1, -0.05) is 29.8 Å². The molecular formula is C21H19ClN2O3S. The molecule has 0 aliphatic carbocycles. The van der Waals surface area contributed by atoms with E-state index in [0.717, 1.165) is 20.7 Å². The summed E-state index contributed by atoms with van der Waals surface area (Å²) in [5.74, 6) is -1.01. The van der Waals surface area contributed by atoms with Gasteiger partial charge in [-0.2, -0.15) is 0 Å². The number of rotatable bonds is 6. The van der Waals surface area contributed by atoms with E-state index >= 15 is 0 Å². The number of carbonyl (C=O) groups excluding carboxylic acids is 2. The molecule has 5 nitrogen and oxygen atoms in total. The Kier molecular flexibility index (Phi) is 6.34. The van der Waals surface area contributed by atoms with Crippen LogP contribution in [0.25, 0.3) is 16.2 Å². The average molecular weight is 415 g/mol. The van der Waals surface area contributed by atoms with Crippen molar-refractivity contribution in [3.63, 3.8) is 0 Å². The van der Waals surface area contributed by atoms with Crippen LogP contribution in [-0.2, 0) is 14.3 Å². The highest BCUT2D eigenvalue weighted by molar-refractivity contribution is 7.20. The Labute approximate surface area is 172 Å². The minimum atomic E-state index is -0.605. The average Bonchev–Trinajstić information content (AvgIpc) is 3.01. The maximum atomic E-state index is 11.9. The lowest BCUT2D eigenvalue weighted by molar-refractivity contribution is -0.142. The smallest absolute Gasteiger partial charge is 0.331 e. The topological polar surface area (TPSA) is 58.6 Å². The lowest BCUT2D eigenvalue weighted by Gasteiger charge is -2.13. The molecule has 0 spiro atoms. The third-order valence-corrected chi connectivity index (χ3v) is 5.60. The summed E-state index contributed by atoms with van der Waals surface area (Å²) in [6.07, 6.45) is 2.88. The van der Waals surface area contributed by atoms with E-state index in [1.54, 1.807) is 18.2 Å². The molecule has 3 aromatic rings. The molecule has 1 N–H and O–H groups in total. The second-order valence-corrected chi connectivity index (χ2v) is 7.67. The third-order valence-electron chi connectivity index (χ3n) is 3.94. The van der Waals surface area contributed by atoms with Gasteiger partial charge in [0.15, 0.2) is 6.61 Å². The Balaban J connectivity index is 1.52. The lowest BCUT2D eigenvalue weighted by Crippen LogP contribution is -2.20. The summed E-state index contributed by atoms with van der Waals surface area (Å²) < 4.78 is 6.03. The van der Waals surface area contributed by atoms with Crippen LogP contribution in [0.15, 0.2) is 54.6 Å². The maximum Gasteiger partial charge on any atom is 0.331 e. The molecule has 0 aliphatic rings. The molecule has 0 aliphatic heterocycles. The maximum absolute atomic E-state index is 11.9. The van der Waals surface area contributed by atoms with E-state index in [-0.39, 0.29) is 6.61 Å². The zero-order valence-electron chi connectivity index (χ0n) is 15.4. The van der Waals surface area contributed by atoms with Crippen LogP contribution in [0.4, 0.5) is 11.4 Å². The van der Waals surface area contributed by atoms with Gasteiger partial charge in [-0.15, -0.1) is 11.3 Å². The summed E-state index contributed by atoms with van der Waals surface area (Å²) in [5.41, 5.74) is 1.66. The normalized spacial score (nSPS) is 11.0. The number of anilines is 2. The van der Waals surface area contributed by atoms with Crippen molar-refractivity contribution in [1.29, 1.82) is 0 Å². The van der Waals surface area contributed by atoms with Crippen LogP contribution in [0.1, 0.15) is 4.88 Å². The first-order valence-electron chi connectivity index (χ1n) is 8.53. The van der Waals surface area contributed by atoms with Gasteiger partial charge in [0, 0.05) is 46.5 Å². The summed E-state index contributed by atoms with van der Waals surface area (Å²) >= 11 is 7.81. The van der Waals surface area contributed by atoms with Gasteiger partial charge >= 0.3 is 5.97 Å². The summed E-state index contributed by atoms with van der Waals surface area (Å²) in [7, 11) is 3.87. The van der Waals surface area contributed by atoms with Crippen LogP contribution >= 0.6 is 22.9 Å². The standard InChI is InChI=1S/C21H19ClN2O3S/c1-24(2)15-9-7-14(8-10-15)23-19(25)13-27-20(26)12-11-18-21(22)16-5-3-4-6-17(16)28-18/h3-12H,13H2,1-2H3,(H,23,25)/b12-11+. The van der Waals surface area contributed by atoms with Crippen LogP contribution < -0.4 is 10.2 Å². The van der Waals surface area contributed by atoms with Crippen LogP contribution in [0.3, 0.4) is 0 Å². The zero-order chi connectivity index (χ0) is 20.1. The number of esters is 1. The summed E-state index contributed by atoms with van der Waals surface area (Å²) in [6.45, 7) is -0.362. The molecule has 0 saturated carbocycles. The summed E-state index contributed by atoms with van der Waals surface area (Å²) in [4.78, 5) is 26.6. The first-order valence-corrected chi connectivity index (χ1v) is 9.72. The number of hydrogen-bond donors (Lipinski definition) is 1. The van der Waals surface area contributed by atoms with E-state index in [1.807, 2.05) is 55.4 Å². The van der Waals surface area contributed by atoms with Gasteiger partial charge in [0.25, 0.3) is 5.91 Å². The largest absolute Gasteiger partial charge is 0.452 e. The molecule has 1 aromatic heterocycles. The van der Waals surface area contributed by atoms with Gasteiger partial charge in [-0.3, -0.25) is 4.79 Å². The highest BCUT2D eigenvalue weighted by Crippen LogP contribution is 2.35. The minimum absolute atomic E-state index is 0.362. The predicted octanol–water partition coefficient (Wildman–Crippen LogP) is 4.82. The number of fused-ring (bicyclic) bond motifs is 1. The number of thiophene rings is 1. The Morgan fingerprint density at radius 2 is 1.86 bits per heavy atom. The summed E-state index contributed by atoms with van der Waals surface area (Å²) in [6, 6.07) is 15.1. The van der Waals surface area contributed by atoms with Crippen molar-refractivity contribution in [2.45, 2.75) is 0 Å². The van der Waals surface area contributed by atoms with Gasteiger partial charge in [0.2, 0.25) is 0 Å². The number of benzene rings is 2. The van der Waals surface area contributed by atoms with Crippen molar-refractivity contribution < 1.29 is 14.3 Å². The number of amides is 1. The fraction of sp³-hybridized carbons (Fsp3) is 0.143. The van der Waals surface area contributed by atoms with Crippen LogP contribution in [-0.4, -0.2) is 32.6 Å². The van der Waals surface area contributed by atoms with Crippen LogP contribution in [0.5, 0.6) is 0 Å². The molecule has 2 aromatic carbocycles. The fourth-order valence-electron chi connectivity index (χ4n) is 2.51. The van der Waals surface area contributed by atoms with E-state index in [9.17, 15) is 9.59 Å². The van der Waals surface area contributed by atoms with E-state index in [0.29, 0.717) is 10.7 Å². The summed E-state index contributed by atoms with van der Waals surface area (Å²) in [5, 5.41) is 4.23. The first-order chi connectivity index (χ1) is 13.4. The van der Waals surface area contributed by atoms with Gasteiger partial charge in [0.1, 0.15) is 0 Å². The van der Waals surface area contributed by atoms with E-state index in [1.165, 1.54) is 17.4 Å². The number of nitrogens with one attached hydrogen (secondary N) is 1. The zero-order valence-corrected chi connectivity index (χ0v) is 17.0. The highest BCUT2D eigenvalue weighted by atomic mass is 35.5. The van der Waals surface area contributed by atoms with Crippen molar-refractivity contribution in [2.75, 3.05) is 30.9 Å². The molecule has 7 heteroatoms. The molecule has 28 heavy (non-hydrogen) atoms. The monoisotopic (exact) mass is 414 g/mol. The molecule has 0 radical (unpaired) electrons. The van der Waals surface area contributed by atoms with Gasteiger partial charge in [0.05, 0.1) is 5.02 Å². The molecule has 1 heterocycles. The Morgan fingerprint density at radius 1 is 1.14 bits per heavy atom. The first kappa shape index (κ1) is 19.9. The fourth-order valence-corrected chi connectivity index (χ4v) is 3.91. The SMILES string of the molecule is CN(C)c1ccc(NC(=O)COC(=O)/C=C/c2sc3ccccc3c2Cl)cc1. The molecule has 1 amide bonds. The number of halogens is 1. The highest BCUT2D eigenvalue weighted by Gasteiger charge is 2.09. The number of hydrogen-bond acceptors (Lipinski definition) is 5. The number of ether oxygens (including phenoxy) is 1. The van der Waals surface area contributed by atoms with Crippen LogP contribution in [0, 0.1) is 0 Å².